The molecule has 0 spiro atoms. The van der Waals surface area contributed by atoms with Crippen LogP contribution in [0.2, 0.25) is 5.02 Å². The molecule has 0 amide bonds. The summed E-state index contributed by atoms with van der Waals surface area (Å²) in [6, 6.07) is 8.63. The van der Waals surface area contributed by atoms with Crippen molar-refractivity contribution in [2.45, 2.75) is 121 Å². The Bertz CT molecular complexity index is 888. The van der Waals surface area contributed by atoms with Crippen LogP contribution < -0.4 is 5.32 Å². The maximum Gasteiger partial charge on any atom is 0.335 e. The SMILES string of the molecule is CCCCC1(C(=O)OC)N=CN(C2CCCCC2)C1C1CCC(C(C)(C)Nc2ccc(Cl)cc2)CC1. The minimum absolute atomic E-state index is 0.0182. The van der Waals surface area contributed by atoms with Crippen molar-refractivity contribution >= 4 is 29.6 Å². The van der Waals surface area contributed by atoms with Crippen LogP contribution in [0.1, 0.15) is 97.8 Å². The molecule has 2 fully saturated rings. The van der Waals surface area contributed by atoms with Crippen molar-refractivity contribution in [2.24, 2.45) is 16.8 Å². The summed E-state index contributed by atoms with van der Waals surface area (Å²) in [6.07, 6.45) is 15.7. The highest BCUT2D eigenvalue weighted by molar-refractivity contribution is 6.30. The molecule has 1 aliphatic heterocycles. The molecule has 0 radical (unpaired) electrons. The maximum absolute atomic E-state index is 13.4. The Morgan fingerprint density at radius 1 is 1.11 bits per heavy atom. The minimum Gasteiger partial charge on any atom is -0.467 e. The number of anilines is 1. The Morgan fingerprint density at radius 3 is 2.39 bits per heavy atom. The summed E-state index contributed by atoms with van der Waals surface area (Å²) in [4.78, 5) is 20.9. The molecule has 1 aromatic rings. The molecular formula is C30H46ClN3O2. The predicted octanol–water partition coefficient (Wildman–Crippen LogP) is 7.48. The van der Waals surface area contributed by atoms with Crippen molar-refractivity contribution in [3.8, 4) is 0 Å². The lowest BCUT2D eigenvalue weighted by molar-refractivity contribution is -0.150. The highest BCUT2D eigenvalue weighted by Crippen LogP contribution is 2.46. The average molecular weight is 516 g/mol. The molecular weight excluding hydrogens is 470 g/mol. The predicted molar refractivity (Wildman–Crippen MR) is 150 cm³/mol. The molecule has 0 bridgehead atoms. The zero-order valence-electron chi connectivity index (χ0n) is 22.8. The van der Waals surface area contributed by atoms with Crippen molar-refractivity contribution < 1.29 is 9.53 Å². The first kappa shape index (κ1) is 27.3. The van der Waals surface area contributed by atoms with Crippen LogP contribution in [-0.4, -0.2) is 47.5 Å². The normalized spacial score (nSPS) is 29.4. The van der Waals surface area contributed by atoms with Crippen molar-refractivity contribution in [1.82, 2.24) is 4.90 Å². The van der Waals surface area contributed by atoms with Crippen molar-refractivity contribution in [1.29, 1.82) is 0 Å². The Labute approximate surface area is 223 Å². The summed E-state index contributed by atoms with van der Waals surface area (Å²) < 4.78 is 5.44. The Hall–Kier alpha value is -1.75. The molecule has 3 aliphatic rings. The summed E-state index contributed by atoms with van der Waals surface area (Å²) >= 11 is 6.09. The monoisotopic (exact) mass is 515 g/mol. The summed E-state index contributed by atoms with van der Waals surface area (Å²) in [6.45, 7) is 6.83. The molecule has 0 saturated heterocycles. The van der Waals surface area contributed by atoms with E-state index in [9.17, 15) is 4.79 Å². The second kappa shape index (κ2) is 11.8. The molecule has 2 atom stereocenters. The van der Waals surface area contributed by atoms with E-state index in [0.717, 1.165) is 55.7 Å². The Morgan fingerprint density at radius 2 is 1.78 bits per heavy atom. The minimum atomic E-state index is -0.753. The number of carbonyl (C=O) groups excluding carboxylic acids is 1. The lowest BCUT2D eigenvalue weighted by Gasteiger charge is -2.48. The number of unbranched alkanes of at least 4 members (excludes halogenated alkanes) is 1. The highest BCUT2D eigenvalue weighted by Gasteiger charge is 2.56. The number of rotatable bonds is 9. The van der Waals surface area contributed by atoms with Gasteiger partial charge in [-0.2, -0.15) is 0 Å². The van der Waals surface area contributed by atoms with Crippen LogP contribution >= 0.6 is 11.6 Å². The van der Waals surface area contributed by atoms with E-state index in [1.165, 1.54) is 39.2 Å². The van der Waals surface area contributed by atoms with Gasteiger partial charge in [0.05, 0.1) is 19.5 Å². The van der Waals surface area contributed by atoms with E-state index in [0.29, 0.717) is 17.9 Å². The molecule has 4 rings (SSSR count). The van der Waals surface area contributed by atoms with Crippen molar-refractivity contribution in [2.75, 3.05) is 12.4 Å². The molecule has 6 heteroatoms. The zero-order valence-corrected chi connectivity index (χ0v) is 23.5. The zero-order chi connectivity index (χ0) is 25.8. The van der Waals surface area contributed by atoms with E-state index in [1.807, 2.05) is 18.5 Å². The van der Waals surface area contributed by atoms with Crippen LogP contribution in [0.15, 0.2) is 29.3 Å². The largest absolute Gasteiger partial charge is 0.467 e. The number of nitrogens with zero attached hydrogens (tertiary/aromatic N) is 2. The number of esters is 1. The summed E-state index contributed by atoms with van der Waals surface area (Å²) in [5.74, 6) is 0.883. The Kier molecular flexibility index (Phi) is 8.91. The quantitative estimate of drug-likeness (QED) is 0.346. The molecule has 36 heavy (non-hydrogen) atoms. The van der Waals surface area contributed by atoms with Gasteiger partial charge in [0.25, 0.3) is 0 Å². The van der Waals surface area contributed by atoms with Gasteiger partial charge in [0, 0.05) is 22.3 Å². The van der Waals surface area contributed by atoms with Gasteiger partial charge in [-0.15, -0.1) is 0 Å². The second-order valence-corrected chi connectivity index (χ2v) is 12.3. The molecule has 2 unspecified atom stereocenters. The molecule has 200 valence electrons. The van der Waals surface area contributed by atoms with Crippen LogP contribution in [0, 0.1) is 11.8 Å². The summed E-state index contributed by atoms with van der Waals surface area (Å²) in [5, 5.41) is 4.53. The lowest BCUT2D eigenvalue weighted by Crippen LogP contribution is -2.58. The first-order valence-corrected chi connectivity index (χ1v) is 14.6. The average Bonchev–Trinajstić information content (AvgIpc) is 3.29. The van der Waals surface area contributed by atoms with Crippen molar-refractivity contribution in [3.05, 3.63) is 29.3 Å². The van der Waals surface area contributed by atoms with Gasteiger partial charge in [-0.3, -0.25) is 4.99 Å². The van der Waals surface area contributed by atoms with Crippen LogP contribution in [0.25, 0.3) is 0 Å². The van der Waals surface area contributed by atoms with Gasteiger partial charge in [-0.05, 0) is 94.9 Å². The number of ether oxygens (including phenoxy) is 1. The number of hydrogen-bond donors (Lipinski definition) is 1. The van der Waals surface area contributed by atoms with Crippen LogP contribution in [0.5, 0.6) is 0 Å². The fraction of sp³-hybridized carbons (Fsp3) is 0.733. The molecule has 2 aliphatic carbocycles. The van der Waals surface area contributed by atoms with Crippen LogP contribution in [0.4, 0.5) is 5.69 Å². The Balaban J connectivity index is 1.52. The van der Waals surface area contributed by atoms with Gasteiger partial charge < -0.3 is 15.0 Å². The highest BCUT2D eigenvalue weighted by atomic mass is 35.5. The van der Waals surface area contributed by atoms with Crippen LogP contribution in [0.3, 0.4) is 0 Å². The third-order valence-electron chi connectivity index (χ3n) is 9.23. The first-order valence-electron chi connectivity index (χ1n) is 14.3. The summed E-state index contributed by atoms with van der Waals surface area (Å²) in [5.41, 5.74) is 0.343. The van der Waals surface area contributed by atoms with E-state index in [-0.39, 0.29) is 17.6 Å². The van der Waals surface area contributed by atoms with E-state index in [4.69, 9.17) is 21.3 Å². The first-order chi connectivity index (χ1) is 17.3. The number of benzene rings is 1. The number of methoxy groups -OCH3 is 1. The summed E-state index contributed by atoms with van der Waals surface area (Å²) in [7, 11) is 1.54. The van der Waals surface area contributed by atoms with Gasteiger partial charge in [0.15, 0.2) is 5.54 Å². The van der Waals surface area contributed by atoms with Crippen molar-refractivity contribution in [3.63, 3.8) is 0 Å². The molecule has 2 saturated carbocycles. The standard InChI is InChI=1S/C30H46ClN3O2/c1-5-6-20-30(28(35)36-4)27(34(21-32-30)26-10-8-7-9-11-26)22-12-14-23(15-13-22)29(2,3)33-25-18-16-24(31)17-19-25/h16-19,21-23,26-27,33H,5-15,20H2,1-4H3. The number of carbonyl (C=O) groups is 1. The number of hydrogen-bond acceptors (Lipinski definition) is 5. The fourth-order valence-electron chi connectivity index (χ4n) is 7.17. The number of nitrogens with one attached hydrogen (secondary N) is 1. The van der Waals surface area contributed by atoms with Gasteiger partial charge in [0.1, 0.15) is 0 Å². The van der Waals surface area contributed by atoms with E-state index >= 15 is 0 Å². The number of halogens is 1. The van der Waals surface area contributed by atoms with Gasteiger partial charge in [-0.25, -0.2) is 4.79 Å². The number of aliphatic imine (C=N–C) groups is 1. The van der Waals surface area contributed by atoms with Crippen LogP contribution in [-0.2, 0) is 9.53 Å². The molecule has 1 heterocycles. The van der Waals surface area contributed by atoms with E-state index in [1.54, 1.807) is 0 Å². The fourth-order valence-corrected chi connectivity index (χ4v) is 7.30. The smallest absolute Gasteiger partial charge is 0.335 e. The molecule has 0 aromatic heterocycles. The third kappa shape index (κ3) is 5.71. The molecule has 1 aromatic carbocycles. The maximum atomic E-state index is 13.4. The molecule has 1 N–H and O–H groups in total. The van der Waals surface area contributed by atoms with Gasteiger partial charge >= 0.3 is 5.97 Å². The molecule has 5 nitrogen and oxygen atoms in total. The van der Waals surface area contributed by atoms with E-state index < -0.39 is 5.54 Å². The van der Waals surface area contributed by atoms with Gasteiger partial charge in [0.2, 0.25) is 0 Å². The lowest BCUT2D eigenvalue weighted by atomic mass is 9.67. The van der Waals surface area contributed by atoms with E-state index in [2.05, 4.69) is 43.1 Å². The third-order valence-corrected chi connectivity index (χ3v) is 9.48. The topological polar surface area (TPSA) is 53.9 Å². The van der Waals surface area contributed by atoms with Gasteiger partial charge in [-0.1, -0.05) is 50.6 Å². The second-order valence-electron chi connectivity index (χ2n) is 11.9.